The largest absolute Gasteiger partial charge is 0.376 e. The third-order valence-electron chi connectivity index (χ3n) is 12.8. The Balaban J connectivity index is 1.03. The molecule has 0 atom stereocenters. The van der Waals surface area contributed by atoms with Crippen molar-refractivity contribution >= 4 is 29.1 Å². The Morgan fingerprint density at radius 1 is 0.210 bits per heavy atom. The van der Waals surface area contributed by atoms with Gasteiger partial charge in [-0.15, -0.1) is 0 Å². The molecule has 0 saturated heterocycles. The van der Waals surface area contributed by atoms with Crippen molar-refractivity contribution in [3.8, 4) is 89.0 Å². The molecule has 2 heterocycles. The first-order chi connectivity index (χ1) is 30.7. The Morgan fingerprint density at radius 2 is 0.500 bits per heavy atom. The summed E-state index contributed by atoms with van der Waals surface area (Å²) < 4.78 is 0. The van der Waals surface area contributed by atoms with E-state index in [1.165, 1.54) is 111 Å². The lowest BCUT2D eigenvalue weighted by molar-refractivity contribution is 1.35. The number of anilines is 2. The van der Waals surface area contributed by atoms with Gasteiger partial charge in [-0.05, 0) is 149 Å². The molecule has 0 amide bonds. The summed E-state index contributed by atoms with van der Waals surface area (Å²) in [5.74, 6) is 0. The molecule has 0 bridgehead atoms. The fourth-order valence-corrected chi connectivity index (χ4v) is 9.88. The molecule has 288 valence electrons. The average molecular weight is 786 g/mol. The first-order valence-electron chi connectivity index (χ1n) is 21.5. The molecule has 10 aromatic rings. The van der Waals surface area contributed by atoms with Gasteiger partial charge in [-0.1, -0.05) is 182 Å². The summed E-state index contributed by atoms with van der Waals surface area (Å²) in [7, 11) is 0. The van der Waals surface area contributed by atoms with E-state index in [9.17, 15) is 0 Å². The first-order valence-corrected chi connectivity index (χ1v) is 21.5. The first kappa shape index (κ1) is 36.0. The minimum atomic E-state index is 0.0382. The van der Waals surface area contributed by atoms with Crippen LogP contribution in [0, 0.1) is 0 Å². The monoisotopic (exact) mass is 785 g/mol. The Kier molecular flexibility index (Phi) is 8.68. The van der Waals surface area contributed by atoms with Crippen molar-refractivity contribution in [3.63, 3.8) is 0 Å². The molecule has 62 heavy (non-hydrogen) atoms. The zero-order valence-electron chi connectivity index (χ0n) is 34.1. The van der Waals surface area contributed by atoms with E-state index in [1.807, 2.05) is 0 Å². The van der Waals surface area contributed by atoms with Crippen molar-refractivity contribution in [3.05, 3.63) is 243 Å². The van der Waals surface area contributed by atoms with Crippen LogP contribution in [-0.4, -0.2) is 6.85 Å². The zero-order valence-corrected chi connectivity index (χ0v) is 34.1. The van der Waals surface area contributed by atoms with Gasteiger partial charge in [0.1, 0.15) is 0 Å². The molecule has 1 nitrogen and oxygen atoms in total. The second kappa shape index (κ2) is 15.0. The summed E-state index contributed by atoms with van der Waals surface area (Å²) in [6, 6.07) is 89.4. The van der Waals surface area contributed by atoms with Crippen LogP contribution < -0.4 is 15.7 Å². The molecule has 10 aromatic carbocycles. The van der Waals surface area contributed by atoms with Crippen molar-refractivity contribution < 1.29 is 0 Å². The van der Waals surface area contributed by atoms with Gasteiger partial charge in [0.15, 0.2) is 0 Å². The Hall–Kier alpha value is -7.94. The molecule has 0 spiro atoms. The lowest BCUT2D eigenvalue weighted by Crippen LogP contribution is -2.59. The fourth-order valence-electron chi connectivity index (χ4n) is 9.88. The summed E-state index contributed by atoms with van der Waals surface area (Å²) >= 11 is 0. The topological polar surface area (TPSA) is 3.24 Å². The smallest absolute Gasteiger partial charge is 0.329 e. The van der Waals surface area contributed by atoms with E-state index < -0.39 is 0 Å². The molecule has 0 fully saturated rings. The number of fused-ring (bicyclic) bond motifs is 11. The maximum atomic E-state index is 2.61. The normalized spacial score (nSPS) is 12.1. The molecule has 0 saturated carbocycles. The summed E-state index contributed by atoms with van der Waals surface area (Å²) in [5.41, 5.74) is 24.7. The van der Waals surface area contributed by atoms with Gasteiger partial charge in [0.05, 0.1) is 0 Å². The maximum Gasteiger partial charge on any atom is 0.329 e. The van der Waals surface area contributed by atoms with Crippen molar-refractivity contribution in [1.29, 1.82) is 0 Å². The Labute approximate surface area is 364 Å². The van der Waals surface area contributed by atoms with Gasteiger partial charge < -0.3 is 4.81 Å². The molecule has 2 aliphatic heterocycles. The van der Waals surface area contributed by atoms with Crippen LogP contribution in [0.25, 0.3) is 89.0 Å². The van der Waals surface area contributed by atoms with Crippen LogP contribution in [0.5, 0.6) is 0 Å². The molecule has 12 rings (SSSR count). The zero-order chi connectivity index (χ0) is 41.0. The molecular weight excluding hydrogens is 745 g/mol. The van der Waals surface area contributed by atoms with Gasteiger partial charge in [0.2, 0.25) is 0 Å². The van der Waals surface area contributed by atoms with E-state index in [0.29, 0.717) is 0 Å². The maximum absolute atomic E-state index is 2.61. The third-order valence-corrected chi connectivity index (χ3v) is 12.8. The van der Waals surface area contributed by atoms with Crippen LogP contribution in [0.1, 0.15) is 0 Å². The number of rotatable bonds is 6. The third kappa shape index (κ3) is 6.19. The summed E-state index contributed by atoms with van der Waals surface area (Å²) in [5, 5.41) is 0. The molecule has 2 heteroatoms. The number of benzene rings is 10. The van der Waals surface area contributed by atoms with Crippen molar-refractivity contribution in [1.82, 2.24) is 0 Å². The van der Waals surface area contributed by atoms with Crippen molar-refractivity contribution in [2.45, 2.75) is 0 Å². The second-order valence-corrected chi connectivity index (χ2v) is 16.5. The molecular formula is C60H40BN. The SMILES string of the molecule is c1ccc(-c2cc(-c3ccccc3)cc(-c3ccc4c(c3)-c3ccccc3B3c5ccccc5-c5cc(-c6cc(-c7ccccc7)cc(-c7ccccc7)c6)ccc5N34)c2)cc1. The lowest BCUT2D eigenvalue weighted by atomic mass is 9.43. The van der Waals surface area contributed by atoms with Crippen molar-refractivity contribution in [2.24, 2.45) is 0 Å². The standard InChI is InChI=1S/C60H40BN/c1-5-17-41(18-6-1)47-33-48(42-19-7-2-8-20-42)36-51(35-47)45-29-31-59-55(39-45)53-25-13-15-27-57(53)61-58-28-16-14-26-54(58)56-40-46(30-32-60(56)62(59)61)52-37-49(43-21-9-3-10-22-43)34-50(38-52)44-23-11-4-12-24-44/h1-40H. The van der Waals surface area contributed by atoms with Gasteiger partial charge in [0.25, 0.3) is 0 Å². The van der Waals surface area contributed by atoms with Gasteiger partial charge in [0, 0.05) is 22.5 Å². The highest BCUT2D eigenvalue weighted by molar-refractivity contribution is 6.92. The highest BCUT2D eigenvalue weighted by atomic mass is 15.1. The van der Waals surface area contributed by atoms with Gasteiger partial charge in [-0.2, -0.15) is 0 Å². The summed E-state index contributed by atoms with van der Waals surface area (Å²) in [6.07, 6.45) is 0. The van der Waals surface area contributed by atoms with Gasteiger partial charge in [-0.25, -0.2) is 0 Å². The van der Waals surface area contributed by atoms with Crippen LogP contribution in [-0.2, 0) is 0 Å². The molecule has 0 aromatic heterocycles. The fraction of sp³-hybridized carbons (Fsp3) is 0. The predicted octanol–water partition coefficient (Wildman–Crippen LogP) is 14.6. The molecule has 0 N–H and O–H groups in total. The second-order valence-electron chi connectivity index (χ2n) is 16.5. The Morgan fingerprint density at radius 3 is 0.839 bits per heavy atom. The van der Waals surface area contributed by atoms with Crippen LogP contribution in [0.15, 0.2) is 243 Å². The van der Waals surface area contributed by atoms with Crippen LogP contribution in [0.2, 0.25) is 0 Å². The highest BCUT2D eigenvalue weighted by Gasteiger charge is 2.42. The number of hydrogen-bond donors (Lipinski definition) is 0. The average Bonchev–Trinajstić information content (AvgIpc) is 3.36. The van der Waals surface area contributed by atoms with Crippen molar-refractivity contribution in [2.75, 3.05) is 4.81 Å². The highest BCUT2D eigenvalue weighted by Crippen LogP contribution is 2.48. The van der Waals surface area contributed by atoms with E-state index >= 15 is 0 Å². The lowest BCUT2D eigenvalue weighted by Gasteiger charge is -2.43. The van der Waals surface area contributed by atoms with E-state index in [-0.39, 0.29) is 6.85 Å². The molecule has 0 radical (unpaired) electrons. The molecule has 2 aliphatic rings. The van der Waals surface area contributed by atoms with E-state index in [0.717, 1.165) is 0 Å². The Bertz CT molecular complexity index is 2950. The van der Waals surface area contributed by atoms with E-state index in [4.69, 9.17) is 0 Å². The van der Waals surface area contributed by atoms with Gasteiger partial charge in [-0.3, -0.25) is 0 Å². The number of hydrogen-bond acceptors (Lipinski definition) is 1. The minimum Gasteiger partial charge on any atom is -0.376 e. The van der Waals surface area contributed by atoms with E-state index in [2.05, 4.69) is 247 Å². The van der Waals surface area contributed by atoms with Crippen LogP contribution >= 0.6 is 0 Å². The van der Waals surface area contributed by atoms with Crippen LogP contribution in [0.3, 0.4) is 0 Å². The molecule has 0 aliphatic carbocycles. The minimum absolute atomic E-state index is 0.0382. The summed E-state index contributed by atoms with van der Waals surface area (Å²) in [6.45, 7) is 0.0382. The van der Waals surface area contributed by atoms with Crippen LogP contribution in [0.4, 0.5) is 11.4 Å². The predicted molar refractivity (Wildman–Crippen MR) is 264 cm³/mol. The molecule has 0 unspecified atom stereocenters. The van der Waals surface area contributed by atoms with Gasteiger partial charge >= 0.3 is 6.85 Å². The summed E-state index contributed by atoms with van der Waals surface area (Å²) in [4.78, 5) is 2.61. The quantitative estimate of drug-likeness (QED) is 0.152. The number of nitrogens with zero attached hydrogens (tertiary/aromatic N) is 1. The van der Waals surface area contributed by atoms with E-state index in [1.54, 1.807) is 0 Å².